The molecule has 0 saturated heterocycles. The van der Waals surface area contributed by atoms with Gasteiger partial charge in [-0.25, -0.2) is 0 Å². The van der Waals surface area contributed by atoms with Gasteiger partial charge in [0.2, 0.25) is 11.0 Å². The summed E-state index contributed by atoms with van der Waals surface area (Å²) in [6.07, 6.45) is 0. The molecule has 1 N–H and O–H groups in total. The molecule has 0 atom stereocenters. The number of thioether (sulfide) groups is 1. The molecular formula is C11H15N5OS2. The summed E-state index contributed by atoms with van der Waals surface area (Å²) in [6, 6.07) is 1.94. The molecule has 1 amide bonds. The van der Waals surface area contributed by atoms with E-state index in [9.17, 15) is 4.79 Å². The minimum absolute atomic E-state index is 0.143. The fraction of sp³-hybridized carbons (Fsp3) is 0.455. The van der Waals surface area contributed by atoms with Crippen LogP contribution >= 0.6 is 23.1 Å². The summed E-state index contributed by atoms with van der Waals surface area (Å²) in [5.74, 6) is 0.796. The highest BCUT2D eigenvalue weighted by Gasteiger charge is 2.10. The van der Waals surface area contributed by atoms with Crippen molar-refractivity contribution in [1.29, 1.82) is 0 Å². The van der Waals surface area contributed by atoms with Crippen LogP contribution in [0.3, 0.4) is 0 Å². The van der Waals surface area contributed by atoms with E-state index < -0.39 is 0 Å². The molecule has 0 aliphatic carbocycles. The van der Waals surface area contributed by atoms with Gasteiger partial charge in [0.05, 0.1) is 5.69 Å². The number of nitrogens with zero attached hydrogens (tertiary/aromatic N) is 4. The third-order valence-electron chi connectivity index (χ3n) is 2.32. The van der Waals surface area contributed by atoms with Crippen LogP contribution in [-0.4, -0.2) is 31.6 Å². The van der Waals surface area contributed by atoms with Crippen LogP contribution in [-0.2, 0) is 11.3 Å². The molecule has 8 heteroatoms. The van der Waals surface area contributed by atoms with Gasteiger partial charge in [0.1, 0.15) is 6.54 Å². The fourth-order valence-electron chi connectivity index (χ4n) is 1.57. The van der Waals surface area contributed by atoms with Crippen molar-refractivity contribution in [3.05, 3.63) is 17.5 Å². The monoisotopic (exact) mass is 297 g/mol. The fourth-order valence-corrected chi connectivity index (χ4v) is 3.24. The van der Waals surface area contributed by atoms with Crippen LogP contribution in [0.4, 0.5) is 5.13 Å². The Hall–Kier alpha value is -1.41. The Balaban J connectivity index is 1.95. The zero-order valence-electron chi connectivity index (χ0n) is 11.0. The first-order chi connectivity index (χ1) is 9.08. The van der Waals surface area contributed by atoms with Gasteiger partial charge in [0.15, 0.2) is 4.34 Å². The maximum absolute atomic E-state index is 11.9. The number of nitrogens with one attached hydrogen (secondary N) is 1. The van der Waals surface area contributed by atoms with Gasteiger partial charge in [-0.1, -0.05) is 30.0 Å². The molecule has 0 radical (unpaired) electrons. The third-order valence-corrected chi connectivity index (χ3v) is 4.17. The van der Waals surface area contributed by atoms with E-state index in [0.717, 1.165) is 21.5 Å². The van der Waals surface area contributed by atoms with Gasteiger partial charge < -0.3 is 0 Å². The minimum Gasteiger partial charge on any atom is -0.299 e. The largest absolute Gasteiger partial charge is 0.299 e. The van der Waals surface area contributed by atoms with E-state index in [1.165, 1.54) is 11.3 Å². The average Bonchev–Trinajstić information content (AvgIpc) is 2.87. The molecule has 19 heavy (non-hydrogen) atoms. The lowest BCUT2D eigenvalue weighted by molar-refractivity contribution is -0.116. The molecule has 102 valence electrons. The molecule has 0 bridgehead atoms. The van der Waals surface area contributed by atoms with Crippen molar-refractivity contribution in [2.24, 2.45) is 0 Å². The van der Waals surface area contributed by atoms with Gasteiger partial charge in [-0.05, 0) is 25.7 Å². The first kappa shape index (κ1) is 14.0. The second kappa shape index (κ2) is 6.16. The van der Waals surface area contributed by atoms with Crippen LogP contribution in [0.5, 0.6) is 0 Å². The van der Waals surface area contributed by atoms with Crippen molar-refractivity contribution >= 4 is 34.1 Å². The maximum Gasteiger partial charge on any atom is 0.247 e. The van der Waals surface area contributed by atoms with Crippen LogP contribution in [0.15, 0.2) is 10.4 Å². The molecule has 0 unspecified atom stereocenters. The molecular weight excluding hydrogens is 282 g/mol. The zero-order valence-corrected chi connectivity index (χ0v) is 12.6. The molecule has 0 saturated carbocycles. The molecule has 6 nitrogen and oxygen atoms in total. The van der Waals surface area contributed by atoms with E-state index in [4.69, 9.17) is 0 Å². The quantitative estimate of drug-likeness (QED) is 0.676. The Kier molecular flexibility index (Phi) is 4.54. The van der Waals surface area contributed by atoms with Crippen molar-refractivity contribution in [1.82, 2.24) is 20.0 Å². The van der Waals surface area contributed by atoms with Crippen molar-refractivity contribution < 1.29 is 4.79 Å². The summed E-state index contributed by atoms with van der Waals surface area (Å²) in [4.78, 5) is 11.9. The second-order valence-electron chi connectivity index (χ2n) is 3.94. The number of hydrogen-bond acceptors (Lipinski definition) is 6. The standard InChI is InChI=1S/C11H15N5OS2/c1-4-18-11-14-13-10(19-11)12-9(17)6-16-8(3)5-7(2)15-16/h5H,4,6H2,1-3H3,(H,12,13,17). The predicted molar refractivity (Wildman–Crippen MR) is 76.6 cm³/mol. The van der Waals surface area contributed by atoms with Gasteiger partial charge in [-0.2, -0.15) is 5.10 Å². The highest BCUT2D eigenvalue weighted by atomic mass is 32.2. The normalized spacial score (nSPS) is 10.7. The van der Waals surface area contributed by atoms with Crippen LogP contribution in [0.2, 0.25) is 0 Å². The number of aromatic nitrogens is 4. The summed E-state index contributed by atoms with van der Waals surface area (Å²) >= 11 is 2.99. The van der Waals surface area contributed by atoms with E-state index in [1.807, 2.05) is 26.8 Å². The van der Waals surface area contributed by atoms with Gasteiger partial charge in [0, 0.05) is 5.69 Å². The van der Waals surface area contributed by atoms with E-state index in [0.29, 0.717) is 5.13 Å². The summed E-state index contributed by atoms with van der Waals surface area (Å²) in [5, 5.41) is 15.4. The Morgan fingerprint density at radius 2 is 2.26 bits per heavy atom. The molecule has 0 spiro atoms. The maximum atomic E-state index is 11.9. The molecule has 2 aromatic rings. The first-order valence-electron chi connectivity index (χ1n) is 5.85. The summed E-state index contributed by atoms with van der Waals surface area (Å²) in [5.41, 5.74) is 1.87. The summed E-state index contributed by atoms with van der Waals surface area (Å²) < 4.78 is 2.54. The second-order valence-corrected chi connectivity index (χ2v) is 6.43. The Labute approximate surface area is 119 Å². The smallest absolute Gasteiger partial charge is 0.247 e. The third kappa shape index (κ3) is 3.77. The lowest BCUT2D eigenvalue weighted by Gasteiger charge is -2.03. The molecule has 0 fully saturated rings. The van der Waals surface area contributed by atoms with Crippen LogP contribution in [0.1, 0.15) is 18.3 Å². The van der Waals surface area contributed by atoms with Crippen LogP contribution in [0, 0.1) is 13.8 Å². The highest BCUT2D eigenvalue weighted by molar-refractivity contribution is 8.01. The van der Waals surface area contributed by atoms with Crippen LogP contribution in [0.25, 0.3) is 0 Å². The molecule has 2 heterocycles. The van der Waals surface area contributed by atoms with Gasteiger partial charge in [0.25, 0.3) is 0 Å². The van der Waals surface area contributed by atoms with Gasteiger partial charge in [-0.15, -0.1) is 10.2 Å². The molecule has 0 aliphatic heterocycles. The number of carbonyl (C=O) groups is 1. The Morgan fingerprint density at radius 3 is 2.89 bits per heavy atom. The first-order valence-corrected chi connectivity index (χ1v) is 7.66. The molecule has 0 aromatic carbocycles. The van der Waals surface area contributed by atoms with E-state index in [-0.39, 0.29) is 12.5 Å². The minimum atomic E-state index is -0.143. The van der Waals surface area contributed by atoms with E-state index in [1.54, 1.807) is 16.4 Å². The topological polar surface area (TPSA) is 72.7 Å². The number of carbonyl (C=O) groups excluding carboxylic acids is 1. The summed E-state index contributed by atoms with van der Waals surface area (Å²) in [7, 11) is 0. The van der Waals surface area contributed by atoms with Gasteiger partial charge in [-0.3, -0.25) is 14.8 Å². The van der Waals surface area contributed by atoms with E-state index in [2.05, 4.69) is 20.6 Å². The van der Waals surface area contributed by atoms with Crippen molar-refractivity contribution in [3.8, 4) is 0 Å². The number of aryl methyl sites for hydroxylation is 2. The van der Waals surface area contributed by atoms with Gasteiger partial charge >= 0.3 is 0 Å². The van der Waals surface area contributed by atoms with Crippen molar-refractivity contribution in [2.45, 2.75) is 31.7 Å². The lowest BCUT2D eigenvalue weighted by atomic mass is 10.4. The number of hydrogen-bond donors (Lipinski definition) is 1. The Morgan fingerprint density at radius 1 is 1.47 bits per heavy atom. The predicted octanol–water partition coefficient (Wildman–Crippen LogP) is 2.10. The molecule has 0 aliphatic rings. The average molecular weight is 297 g/mol. The molecule has 2 aromatic heterocycles. The molecule has 2 rings (SSSR count). The van der Waals surface area contributed by atoms with Crippen LogP contribution < -0.4 is 5.32 Å². The number of rotatable bonds is 5. The SMILES string of the molecule is CCSc1nnc(NC(=O)Cn2nc(C)cc2C)s1. The van der Waals surface area contributed by atoms with E-state index >= 15 is 0 Å². The Bertz CT molecular complexity index is 577. The lowest BCUT2D eigenvalue weighted by Crippen LogP contribution is -2.20. The van der Waals surface area contributed by atoms with Crippen molar-refractivity contribution in [3.63, 3.8) is 0 Å². The number of amides is 1. The number of anilines is 1. The zero-order chi connectivity index (χ0) is 13.8. The summed E-state index contributed by atoms with van der Waals surface area (Å²) in [6.45, 7) is 6.07. The highest BCUT2D eigenvalue weighted by Crippen LogP contribution is 2.24. The van der Waals surface area contributed by atoms with Crippen molar-refractivity contribution in [2.75, 3.05) is 11.1 Å².